The van der Waals surface area contributed by atoms with Crippen molar-refractivity contribution in [1.29, 1.82) is 0 Å². The van der Waals surface area contributed by atoms with E-state index in [1.165, 1.54) is 0 Å². The molecular weight excluding hydrogens is 356 g/mol. The third-order valence-electron chi connectivity index (χ3n) is 3.92. The molecule has 146 valence electrons. The minimum absolute atomic E-state index is 0.0167. The number of benzene rings is 1. The number of carbonyl (C=O) groups is 1. The van der Waals surface area contributed by atoms with E-state index in [0.29, 0.717) is 23.7 Å². The monoisotopic (exact) mass is 380 g/mol. The first-order valence-corrected chi connectivity index (χ1v) is 9.10. The maximum Gasteiger partial charge on any atom is 0.251 e. The first-order valence-electron chi connectivity index (χ1n) is 9.10. The summed E-state index contributed by atoms with van der Waals surface area (Å²) in [4.78, 5) is 20.8. The molecule has 28 heavy (non-hydrogen) atoms. The molecule has 3 N–H and O–H groups in total. The lowest BCUT2D eigenvalue weighted by Crippen LogP contribution is -2.35. The molecule has 0 spiro atoms. The molecule has 0 aliphatic heterocycles. The van der Waals surface area contributed by atoms with E-state index in [4.69, 9.17) is 10.5 Å². The molecular formula is C20H24N6O2. The molecule has 3 rings (SSSR count). The molecule has 0 unspecified atom stereocenters. The summed E-state index contributed by atoms with van der Waals surface area (Å²) in [6.07, 6.45) is 3.56. The van der Waals surface area contributed by atoms with Crippen LogP contribution in [-0.2, 0) is 6.54 Å². The lowest BCUT2D eigenvalue weighted by Gasteiger charge is -2.14. The van der Waals surface area contributed by atoms with Gasteiger partial charge in [0.15, 0.2) is 0 Å². The standard InChI is InChI=1S/C20H24N6O2/c1-13(2)28-18-11-17(24-20(21)25-18)15-5-7-16(8-6-15)19(27)23-14(3)12-26-10-4-9-22-26/h4-11,13-14H,12H2,1-3H3,(H,23,27)(H2,21,24,25)/t14-/m0/s1. The molecule has 0 aliphatic carbocycles. The number of anilines is 1. The van der Waals surface area contributed by atoms with Gasteiger partial charge in [-0.15, -0.1) is 0 Å². The van der Waals surface area contributed by atoms with Gasteiger partial charge in [0.25, 0.3) is 5.91 Å². The van der Waals surface area contributed by atoms with E-state index in [1.807, 2.05) is 45.2 Å². The number of rotatable bonds is 7. The Kier molecular flexibility index (Phi) is 5.88. The number of aromatic nitrogens is 4. The van der Waals surface area contributed by atoms with E-state index < -0.39 is 0 Å². The van der Waals surface area contributed by atoms with Gasteiger partial charge < -0.3 is 15.8 Å². The van der Waals surface area contributed by atoms with Gasteiger partial charge in [0.1, 0.15) is 0 Å². The highest BCUT2D eigenvalue weighted by Crippen LogP contribution is 2.23. The number of nitrogens with zero attached hydrogens (tertiary/aromatic N) is 4. The lowest BCUT2D eigenvalue weighted by molar-refractivity contribution is 0.0936. The summed E-state index contributed by atoms with van der Waals surface area (Å²) in [5.41, 5.74) is 7.82. The van der Waals surface area contributed by atoms with E-state index in [0.717, 1.165) is 5.56 Å². The summed E-state index contributed by atoms with van der Waals surface area (Å²) < 4.78 is 7.39. The topological polar surface area (TPSA) is 108 Å². The molecule has 0 saturated heterocycles. The molecule has 2 aromatic heterocycles. The SMILES string of the molecule is CC(C)Oc1cc(-c2ccc(C(=O)N[C@@H](C)Cn3cccn3)cc2)nc(N)n1. The summed E-state index contributed by atoms with van der Waals surface area (Å²) >= 11 is 0. The minimum atomic E-state index is -0.141. The van der Waals surface area contributed by atoms with Crippen molar-refractivity contribution < 1.29 is 9.53 Å². The van der Waals surface area contributed by atoms with Crippen molar-refractivity contribution in [1.82, 2.24) is 25.1 Å². The Morgan fingerprint density at radius 1 is 1.21 bits per heavy atom. The van der Waals surface area contributed by atoms with Crippen molar-refractivity contribution in [3.8, 4) is 17.1 Å². The molecule has 1 amide bonds. The van der Waals surface area contributed by atoms with Gasteiger partial charge in [0.2, 0.25) is 11.8 Å². The van der Waals surface area contributed by atoms with Crippen LogP contribution in [0.25, 0.3) is 11.3 Å². The lowest BCUT2D eigenvalue weighted by atomic mass is 10.1. The molecule has 8 nitrogen and oxygen atoms in total. The summed E-state index contributed by atoms with van der Waals surface area (Å²) in [6, 6.07) is 10.7. The second-order valence-electron chi connectivity index (χ2n) is 6.80. The van der Waals surface area contributed by atoms with Crippen LogP contribution in [0.1, 0.15) is 31.1 Å². The van der Waals surface area contributed by atoms with E-state index in [9.17, 15) is 4.79 Å². The second-order valence-corrected chi connectivity index (χ2v) is 6.80. The van der Waals surface area contributed by atoms with E-state index in [-0.39, 0.29) is 24.0 Å². The molecule has 8 heteroatoms. The molecule has 0 aliphatic rings. The van der Waals surface area contributed by atoms with Gasteiger partial charge in [-0.2, -0.15) is 10.1 Å². The van der Waals surface area contributed by atoms with Crippen LogP contribution in [0.2, 0.25) is 0 Å². The number of nitrogens with two attached hydrogens (primary N) is 1. The smallest absolute Gasteiger partial charge is 0.251 e. The van der Waals surface area contributed by atoms with Crippen molar-refractivity contribution in [2.45, 2.75) is 39.5 Å². The van der Waals surface area contributed by atoms with Crippen LogP contribution in [0.3, 0.4) is 0 Å². The molecule has 3 aromatic rings. The average molecular weight is 380 g/mol. The number of carbonyl (C=O) groups excluding carboxylic acids is 1. The van der Waals surface area contributed by atoms with Crippen molar-refractivity contribution >= 4 is 11.9 Å². The van der Waals surface area contributed by atoms with E-state index in [2.05, 4.69) is 20.4 Å². The number of amides is 1. The van der Waals surface area contributed by atoms with Crippen LogP contribution in [0.4, 0.5) is 5.95 Å². The van der Waals surface area contributed by atoms with Gasteiger partial charge >= 0.3 is 0 Å². The fourth-order valence-electron chi connectivity index (χ4n) is 2.73. The second kappa shape index (κ2) is 8.51. The number of hydrogen-bond donors (Lipinski definition) is 2. The highest BCUT2D eigenvalue weighted by molar-refractivity contribution is 5.94. The van der Waals surface area contributed by atoms with Gasteiger partial charge in [0.05, 0.1) is 18.3 Å². The Bertz CT molecular complexity index is 922. The van der Waals surface area contributed by atoms with Gasteiger partial charge in [-0.05, 0) is 39.0 Å². The summed E-state index contributed by atoms with van der Waals surface area (Å²) in [7, 11) is 0. The average Bonchev–Trinajstić information content (AvgIpc) is 3.13. The number of ether oxygens (including phenoxy) is 1. The Labute approximate surface area is 163 Å². The normalized spacial score (nSPS) is 12.0. The molecule has 1 atom stereocenters. The van der Waals surface area contributed by atoms with Crippen molar-refractivity contribution in [3.05, 3.63) is 54.4 Å². The van der Waals surface area contributed by atoms with Crippen LogP contribution in [0.5, 0.6) is 5.88 Å². The first-order chi connectivity index (χ1) is 13.4. The Morgan fingerprint density at radius 3 is 2.61 bits per heavy atom. The van der Waals surface area contributed by atoms with Crippen molar-refractivity contribution in [2.24, 2.45) is 0 Å². The van der Waals surface area contributed by atoms with Crippen LogP contribution in [-0.4, -0.2) is 37.8 Å². The van der Waals surface area contributed by atoms with Gasteiger partial charge in [-0.3, -0.25) is 9.48 Å². The van der Waals surface area contributed by atoms with Gasteiger partial charge in [-0.25, -0.2) is 4.98 Å². The molecule has 0 radical (unpaired) electrons. The Morgan fingerprint density at radius 2 is 1.96 bits per heavy atom. The highest BCUT2D eigenvalue weighted by Gasteiger charge is 2.12. The number of nitrogen functional groups attached to an aromatic ring is 1. The van der Waals surface area contributed by atoms with Gasteiger partial charge in [-0.1, -0.05) is 12.1 Å². The van der Waals surface area contributed by atoms with Crippen LogP contribution >= 0.6 is 0 Å². The zero-order valence-electron chi connectivity index (χ0n) is 16.2. The van der Waals surface area contributed by atoms with Crippen LogP contribution in [0, 0.1) is 0 Å². The number of hydrogen-bond acceptors (Lipinski definition) is 6. The zero-order chi connectivity index (χ0) is 20.1. The molecule has 2 heterocycles. The highest BCUT2D eigenvalue weighted by atomic mass is 16.5. The van der Waals surface area contributed by atoms with E-state index in [1.54, 1.807) is 29.1 Å². The predicted octanol–water partition coefficient (Wildman–Crippen LogP) is 2.53. The van der Waals surface area contributed by atoms with Crippen molar-refractivity contribution in [2.75, 3.05) is 5.73 Å². The summed E-state index contributed by atoms with van der Waals surface area (Å²) in [5.74, 6) is 0.423. The maximum absolute atomic E-state index is 12.5. The maximum atomic E-state index is 12.5. The molecule has 0 bridgehead atoms. The van der Waals surface area contributed by atoms with Gasteiger partial charge in [0, 0.05) is 35.6 Å². The van der Waals surface area contributed by atoms with Crippen LogP contribution in [0.15, 0.2) is 48.8 Å². The number of nitrogens with one attached hydrogen (secondary N) is 1. The fraction of sp³-hybridized carbons (Fsp3) is 0.300. The largest absolute Gasteiger partial charge is 0.475 e. The summed E-state index contributed by atoms with van der Waals surface area (Å²) in [5, 5.41) is 7.11. The molecule has 0 fully saturated rings. The quantitative estimate of drug-likeness (QED) is 0.652. The van der Waals surface area contributed by atoms with Crippen LogP contribution < -0.4 is 15.8 Å². The Balaban J connectivity index is 1.69. The molecule has 1 aromatic carbocycles. The van der Waals surface area contributed by atoms with E-state index >= 15 is 0 Å². The minimum Gasteiger partial charge on any atom is -0.475 e. The molecule has 0 saturated carbocycles. The first kappa shape index (κ1) is 19.3. The zero-order valence-corrected chi connectivity index (χ0v) is 16.2. The third kappa shape index (κ3) is 5.06. The van der Waals surface area contributed by atoms with Crippen molar-refractivity contribution in [3.63, 3.8) is 0 Å². The predicted molar refractivity (Wildman–Crippen MR) is 107 cm³/mol. The third-order valence-corrected chi connectivity index (χ3v) is 3.92. The Hall–Kier alpha value is -3.42. The fourth-order valence-corrected chi connectivity index (χ4v) is 2.73. The summed E-state index contributed by atoms with van der Waals surface area (Å²) in [6.45, 7) is 6.38.